The van der Waals surface area contributed by atoms with Crippen molar-refractivity contribution in [2.45, 2.75) is 38.1 Å². The molecule has 0 unspecified atom stereocenters. The van der Waals surface area contributed by atoms with Gasteiger partial charge >= 0.3 is 0 Å². The van der Waals surface area contributed by atoms with Crippen LogP contribution in [0.2, 0.25) is 0 Å². The zero-order valence-corrected chi connectivity index (χ0v) is 15.1. The Morgan fingerprint density at radius 3 is 2.93 bits per heavy atom. The van der Waals surface area contributed by atoms with Gasteiger partial charge in [-0.2, -0.15) is 10.1 Å². The van der Waals surface area contributed by atoms with Crippen LogP contribution in [0.3, 0.4) is 0 Å². The van der Waals surface area contributed by atoms with E-state index in [2.05, 4.69) is 20.6 Å². The van der Waals surface area contributed by atoms with Gasteiger partial charge in [0.25, 0.3) is 5.91 Å². The second-order valence-electron chi connectivity index (χ2n) is 6.89. The molecule has 1 saturated carbocycles. The first kappa shape index (κ1) is 17.4. The maximum absolute atomic E-state index is 13.4. The topological polar surface area (TPSA) is 85.8 Å². The van der Waals surface area contributed by atoms with E-state index in [4.69, 9.17) is 4.52 Å². The molecule has 1 atom stereocenters. The monoisotopic (exact) mass is 369 g/mol. The predicted molar refractivity (Wildman–Crippen MR) is 95.4 cm³/mol. The van der Waals surface area contributed by atoms with Gasteiger partial charge in [0.15, 0.2) is 0 Å². The maximum atomic E-state index is 13.4. The molecule has 1 N–H and O–H groups in total. The number of halogens is 1. The Morgan fingerprint density at radius 1 is 1.41 bits per heavy atom. The van der Waals surface area contributed by atoms with E-state index in [0.29, 0.717) is 17.0 Å². The fourth-order valence-corrected chi connectivity index (χ4v) is 3.16. The van der Waals surface area contributed by atoms with Crippen molar-refractivity contribution in [3.05, 3.63) is 53.4 Å². The first-order valence-electron chi connectivity index (χ1n) is 8.95. The molecule has 1 aliphatic carbocycles. The van der Waals surface area contributed by atoms with Crippen LogP contribution in [0, 0.1) is 5.82 Å². The summed E-state index contributed by atoms with van der Waals surface area (Å²) in [4.78, 5) is 17.0. The molecule has 2 heterocycles. The number of carbonyl (C=O) groups is 1. The SMILES string of the molecule is C[C@H](NC(=O)c1cn(C)nc1C1CCC1)c1nc(-c2cccc(F)c2)no1. The van der Waals surface area contributed by atoms with Crippen LogP contribution in [0.4, 0.5) is 4.39 Å². The fraction of sp³-hybridized carbons (Fsp3) is 0.368. The lowest BCUT2D eigenvalue weighted by molar-refractivity contribution is 0.0930. The van der Waals surface area contributed by atoms with Crippen molar-refractivity contribution >= 4 is 5.91 Å². The lowest BCUT2D eigenvalue weighted by Crippen LogP contribution is -2.28. The third-order valence-electron chi connectivity index (χ3n) is 4.84. The van der Waals surface area contributed by atoms with Gasteiger partial charge in [-0.05, 0) is 31.9 Å². The molecule has 0 saturated heterocycles. The number of nitrogens with one attached hydrogen (secondary N) is 1. The number of rotatable bonds is 5. The zero-order valence-electron chi connectivity index (χ0n) is 15.1. The molecule has 0 radical (unpaired) electrons. The fourth-order valence-electron chi connectivity index (χ4n) is 3.16. The van der Waals surface area contributed by atoms with Crippen LogP contribution >= 0.6 is 0 Å². The summed E-state index contributed by atoms with van der Waals surface area (Å²) in [6.45, 7) is 1.76. The molecule has 7 nitrogen and oxygen atoms in total. The molecule has 8 heteroatoms. The van der Waals surface area contributed by atoms with E-state index < -0.39 is 6.04 Å². The average molecular weight is 369 g/mol. The van der Waals surface area contributed by atoms with Crippen LogP contribution in [0.1, 0.15) is 60.1 Å². The summed E-state index contributed by atoms with van der Waals surface area (Å²) in [5, 5.41) is 11.2. The van der Waals surface area contributed by atoms with Crippen molar-refractivity contribution in [1.82, 2.24) is 25.2 Å². The van der Waals surface area contributed by atoms with Gasteiger partial charge in [0.1, 0.15) is 11.9 Å². The van der Waals surface area contributed by atoms with Crippen LogP contribution in [0.25, 0.3) is 11.4 Å². The quantitative estimate of drug-likeness (QED) is 0.745. The largest absolute Gasteiger partial charge is 0.340 e. The molecular weight excluding hydrogens is 349 g/mol. The molecule has 27 heavy (non-hydrogen) atoms. The molecule has 4 rings (SSSR count). The van der Waals surface area contributed by atoms with Crippen molar-refractivity contribution in [1.29, 1.82) is 0 Å². The maximum Gasteiger partial charge on any atom is 0.255 e. The van der Waals surface area contributed by atoms with Crippen LogP contribution < -0.4 is 5.32 Å². The van der Waals surface area contributed by atoms with Crippen LogP contribution in [0.15, 0.2) is 35.0 Å². The molecule has 140 valence electrons. The van der Waals surface area contributed by atoms with Crippen molar-refractivity contribution in [3.63, 3.8) is 0 Å². The summed E-state index contributed by atoms with van der Waals surface area (Å²) in [5.41, 5.74) is 1.95. The lowest BCUT2D eigenvalue weighted by Gasteiger charge is -2.24. The second-order valence-corrected chi connectivity index (χ2v) is 6.89. The Balaban J connectivity index is 1.50. The normalized spacial score (nSPS) is 15.4. The van der Waals surface area contributed by atoms with E-state index in [1.165, 1.54) is 18.6 Å². The molecule has 1 fully saturated rings. The third kappa shape index (κ3) is 3.47. The summed E-state index contributed by atoms with van der Waals surface area (Å²) >= 11 is 0. The van der Waals surface area contributed by atoms with E-state index >= 15 is 0 Å². The zero-order chi connectivity index (χ0) is 19.0. The number of aromatic nitrogens is 4. The summed E-state index contributed by atoms with van der Waals surface area (Å²) < 4.78 is 20.3. The molecule has 2 aromatic heterocycles. The Morgan fingerprint density at radius 2 is 2.22 bits per heavy atom. The standard InChI is InChI=1S/C19H20FN5O2/c1-11(19-22-17(24-27-19)13-7-4-8-14(20)9-13)21-18(26)15-10-25(2)23-16(15)12-5-3-6-12/h4,7-12H,3,5-6H2,1-2H3,(H,21,26)/t11-/m0/s1. The first-order valence-corrected chi connectivity index (χ1v) is 8.95. The van der Waals surface area contributed by atoms with E-state index in [1.54, 1.807) is 29.9 Å². The molecule has 0 bridgehead atoms. The molecular formula is C19H20FN5O2. The van der Waals surface area contributed by atoms with Gasteiger partial charge < -0.3 is 9.84 Å². The molecule has 1 aromatic carbocycles. The van der Waals surface area contributed by atoms with E-state index in [9.17, 15) is 9.18 Å². The minimum Gasteiger partial charge on any atom is -0.340 e. The second kappa shape index (κ2) is 6.94. The molecule has 1 amide bonds. The Kier molecular flexibility index (Phi) is 4.47. The number of benzene rings is 1. The Bertz CT molecular complexity index is 976. The van der Waals surface area contributed by atoms with Gasteiger partial charge in [-0.3, -0.25) is 9.48 Å². The van der Waals surface area contributed by atoms with Gasteiger partial charge in [0.05, 0.1) is 11.3 Å². The van der Waals surface area contributed by atoms with Crippen LogP contribution in [-0.4, -0.2) is 25.8 Å². The van der Waals surface area contributed by atoms with Gasteiger partial charge in [0, 0.05) is 24.7 Å². The van der Waals surface area contributed by atoms with E-state index in [1.807, 2.05) is 7.05 Å². The minimum atomic E-state index is -0.484. The summed E-state index contributed by atoms with van der Waals surface area (Å²) in [6.07, 6.45) is 5.03. The van der Waals surface area contributed by atoms with E-state index in [0.717, 1.165) is 18.5 Å². The van der Waals surface area contributed by atoms with Crippen molar-refractivity contribution < 1.29 is 13.7 Å². The number of hydrogen-bond donors (Lipinski definition) is 1. The van der Waals surface area contributed by atoms with Crippen molar-refractivity contribution in [2.24, 2.45) is 7.05 Å². The van der Waals surface area contributed by atoms with Crippen molar-refractivity contribution in [3.8, 4) is 11.4 Å². The smallest absolute Gasteiger partial charge is 0.255 e. The Labute approximate surface area is 155 Å². The molecule has 1 aliphatic rings. The van der Waals surface area contributed by atoms with Gasteiger partial charge in [0.2, 0.25) is 11.7 Å². The third-order valence-corrected chi connectivity index (χ3v) is 4.84. The highest BCUT2D eigenvalue weighted by Gasteiger charge is 2.29. The number of carbonyl (C=O) groups excluding carboxylic acids is 1. The highest BCUT2D eigenvalue weighted by molar-refractivity contribution is 5.95. The molecule has 0 spiro atoms. The first-order chi connectivity index (χ1) is 13.0. The molecule has 3 aromatic rings. The number of amides is 1. The van der Waals surface area contributed by atoms with Crippen LogP contribution in [-0.2, 0) is 7.05 Å². The van der Waals surface area contributed by atoms with Crippen molar-refractivity contribution in [2.75, 3.05) is 0 Å². The number of nitrogens with zero attached hydrogens (tertiary/aromatic N) is 4. The average Bonchev–Trinajstić information content (AvgIpc) is 3.20. The number of hydrogen-bond acceptors (Lipinski definition) is 5. The van der Waals surface area contributed by atoms with Gasteiger partial charge in [-0.15, -0.1) is 0 Å². The summed E-state index contributed by atoms with van der Waals surface area (Å²) in [6, 6.07) is 5.47. The van der Waals surface area contributed by atoms with Gasteiger partial charge in [-0.25, -0.2) is 4.39 Å². The van der Waals surface area contributed by atoms with E-state index in [-0.39, 0.29) is 23.4 Å². The Hall–Kier alpha value is -3.03. The minimum absolute atomic E-state index is 0.219. The summed E-state index contributed by atoms with van der Waals surface area (Å²) in [5.74, 6) is 0.298. The lowest BCUT2D eigenvalue weighted by atomic mass is 9.81. The van der Waals surface area contributed by atoms with Gasteiger partial charge in [-0.1, -0.05) is 23.7 Å². The highest BCUT2D eigenvalue weighted by Crippen LogP contribution is 2.37. The predicted octanol–water partition coefficient (Wildman–Crippen LogP) is 3.37. The molecule has 0 aliphatic heterocycles. The summed E-state index contributed by atoms with van der Waals surface area (Å²) in [7, 11) is 1.81. The van der Waals surface area contributed by atoms with Crippen LogP contribution in [0.5, 0.6) is 0 Å². The number of aryl methyl sites for hydroxylation is 1. The highest BCUT2D eigenvalue weighted by atomic mass is 19.1.